The monoisotopic (exact) mass is 920 g/mol. The maximum atomic E-state index is 6.82. The fourth-order valence-corrected chi connectivity index (χ4v) is 11.0. The summed E-state index contributed by atoms with van der Waals surface area (Å²) in [6, 6.07) is 95.5. The van der Waals surface area contributed by atoms with Crippen molar-refractivity contribution in [1.29, 1.82) is 0 Å². The second-order valence-corrected chi connectivity index (χ2v) is 18.4. The van der Waals surface area contributed by atoms with E-state index in [0.717, 1.165) is 111 Å². The largest absolute Gasteiger partial charge is 0.456 e. The highest BCUT2D eigenvalue weighted by atomic mass is 16.3. The topological polar surface area (TPSA) is 32.8 Å². The van der Waals surface area contributed by atoms with Crippen molar-refractivity contribution in [2.45, 2.75) is 0 Å². The molecule has 0 radical (unpaired) electrons. The predicted molar refractivity (Wildman–Crippen MR) is 302 cm³/mol. The van der Waals surface area contributed by atoms with Gasteiger partial charge in [0, 0.05) is 38.5 Å². The molecule has 0 unspecified atom stereocenters. The lowest BCUT2D eigenvalue weighted by Crippen LogP contribution is -2.12. The van der Waals surface area contributed by atoms with Crippen LogP contribution in [-0.2, 0) is 0 Å². The van der Waals surface area contributed by atoms with E-state index in [0.29, 0.717) is 0 Å². The summed E-state index contributed by atoms with van der Waals surface area (Å²) < 4.78 is 13.4. The Morgan fingerprint density at radius 3 is 1.60 bits per heavy atom. The lowest BCUT2D eigenvalue weighted by Gasteiger charge is -2.30. The summed E-state index contributed by atoms with van der Waals surface area (Å²) in [7, 11) is 0. The number of para-hydroxylation sites is 3. The van der Waals surface area contributed by atoms with Crippen LogP contribution in [0.25, 0.3) is 98.8 Å². The standard InChI is InChI=1S/C68H44N2O2/c1-3-19-45(20-4-1)46-37-39-50(40-38-46)69(62-44-49-23-7-8-27-54(49)68-67(62)58-31-13-16-35-64(58)72-68)59-32-14-11-26-53(59)48-24-17-25-51(43-48)70(61-33-18-36-65-66(61)57-30-12-15-34-63(57)71-65)60-42-41-52(47-21-5-2-6-22-47)55-28-9-10-29-56(55)60/h1-44H. The molecule has 0 spiro atoms. The number of hydrogen-bond donors (Lipinski definition) is 0. The molecular weight excluding hydrogens is 877 g/mol. The van der Waals surface area contributed by atoms with Crippen molar-refractivity contribution >= 4 is 99.5 Å². The van der Waals surface area contributed by atoms with E-state index in [1.54, 1.807) is 0 Å². The molecule has 4 heteroatoms. The van der Waals surface area contributed by atoms with Crippen molar-refractivity contribution in [2.24, 2.45) is 0 Å². The van der Waals surface area contributed by atoms with Crippen LogP contribution in [0.4, 0.5) is 34.1 Å². The van der Waals surface area contributed by atoms with Gasteiger partial charge in [0.2, 0.25) is 0 Å². The van der Waals surface area contributed by atoms with Crippen LogP contribution in [0.1, 0.15) is 0 Å². The average molecular weight is 921 g/mol. The van der Waals surface area contributed by atoms with E-state index in [1.165, 1.54) is 22.1 Å². The highest BCUT2D eigenvalue weighted by Gasteiger charge is 2.26. The molecule has 2 heterocycles. The molecule has 14 aromatic rings. The van der Waals surface area contributed by atoms with Gasteiger partial charge >= 0.3 is 0 Å². The van der Waals surface area contributed by atoms with Crippen molar-refractivity contribution in [1.82, 2.24) is 0 Å². The molecule has 0 amide bonds. The Morgan fingerprint density at radius 2 is 0.806 bits per heavy atom. The number of furan rings is 2. The van der Waals surface area contributed by atoms with Crippen LogP contribution in [0.5, 0.6) is 0 Å². The molecule has 0 aliphatic rings. The maximum absolute atomic E-state index is 6.82. The van der Waals surface area contributed by atoms with E-state index >= 15 is 0 Å². The summed E-state index contributed by atoms with van der Waals surface area (Å²) in [4.78, 5) is 4.86. The molecule has 0 saturated heterocycles. The van der Waals surface area contributed by atoms with Gasteiger partial charge in [0.05, 0.1) is 33.5 Å². The first-order valence-corrected chi connectivity index (χ1v) is 24.5. The van der Waals surface area contributed by atoms with Gasteiger partial charge in [0.1, 0.15) is 22.3 Å². The van der Waals surface area contributed by atoms with Crippen LogP contribution in [0, 0.1) is 0 Å². The summed E-state index contributed by atoms with van der Waals surface area (Å²) >= 11 is 0. The van der Waals surface area contributed by atoms with Crippen LogP contribution < -0.4 is 9.80 Å². The van der Waals surface area contributed by atoms with Gasteiger partial charge in [-0.25, -0.2) is 0 Å². The quantitative estimate of drug-likeness (QED) is 0.144. The zero-order valence-electron chi connectivity index (χ0n) is 39.1. The minimum absolute atomic E-state index is 0.841. The summed E-state index contributed by atoms with van der Waals surface area (Å²) in [6.07, 6.45) is 0. The molecule has 0 aliphatic carbocycles. The normalized spacial score (nSPS) is 11.6. The Bertz CT molecular complexity index is 4340. The van der Waals surface area contributed by atoms with Gasteiger partial charge in [0.15, 0.2) is 0 Å². The minimum Gasteiger partial charge on any atom is -0.456 e. The van der Waals surface area contributed by atoms with Gasteiger partial charge < -0.3 is 18.6 Å². The number of nitrogens with zero attached hydrogens (tertiary/aromatic N) is 2. The fraction of sp³-hybridized carbons (Fsp3) is 0. The molecule has 72 heavy (non-hydrogen) atoms. The van der Waals surface area contributed by atoms with Crippen molar-refractivity contribution in [3.05, 3.63) is 267 Å². The minimum atomic E-state index is 0.841. The van der Waals surface area contributed by atoms with Gasteiger partial charge in [-0.2, -0.15) is 0 Å². The maximum Gasteiger partial charge on any atom is 0.145 e. The molecule has 0 N–H and O–H groups in total. The third-order valence-electron chi connectivity index (χ3n) is 14.2. The second kappa shape index (κ2) is 17.1. The SMILES string of the molecule is c1ccc(-c2ccc(N(c3ccccc3-c3cccc(N(c4ccc(-c5ccccc5)c5ccccc45)c4cccc5oc6ccccc6c45)c3)c3cc4ccccc4c4oc5ccccc5c34)cc2)cc1. The zero-order chi connectivity index (χ0) is 47.5. The van der Waals surface area contributed by atoms with Gasteiger partial charge in [-0.3, -0.25) is 0 Å². The van der Waals surface area contributed by atoms with Gasteiger partial charge in [0.25, 0.3) is 0 Å². The second-order valence-electron chi connectivity index (χ2n) is 18.4. The van der Waals surface area contributed by atoms with Gasteiger partial charge in [-0.05, 0) is 105 Å². The van der Waals surface area contributed by atoms with Crippen LogP contribution in [-0.4, -0.2) is 0 Å². The smallest absolute Gasteiger partial charge is 0.145 e. The molecule has 0 aliphatic heterocycles. The van der Waals surface area contributed by atoms with Crippen LogP contribution in [0.3, 0.4) is 0 Å². The summed E-state index contributed by atoms with van der Waals surface area (Å²) in [5.74, 6) is 0. The Balaban J connectivity index is 1.01. The number of benzene rings is 12. The fourth-order valence-electron chi connectivity index (χ4n) is 11.0. The van der Waals surface area contributed by atoms with E-state index in [9.17, 15) is 0 Å². The molecule has 12 aromatic carbocycles. The van der Waals surface area contributed by atoms with Crippen molar-refractivity contribution in [3.8, 4) is 33.4 Å². The van der Waals surface area contributed by atoms with Gasteiger partial charge in [-0.15, -0.1) is 0 Å². The van der Waals surface area contributed by atoms with E-state index in [4.69, 9.17) is 8.83 Å². The molecule has 338 valence electrons. The lowest BCUT2D eigenvalue weighted by atomic mass is 9.95. The lowest BCUT2D eigenvalue weighted by molar-refractivity contribution is 0.669. The van der Waals surface area contributed by atoms with E-state index < -0.39 is 0 Å². The third kappa shape index (κ3) is 6.84. The molecular formula is C68H44N2O2. The third-order valence-corrected chi connectivity index (χ3v) is 14.2. The van der Waals surface area contributed by atoms with Crippen LogP contribution in [0.15, 0.2) is 276 Å². The highest BCUT2D eigenvalue weighted by Crippen LogP contribution is 2.51. The summed E-state index contributed by atoms with van der Waals surface area (Å²) in [5, 5.41) is 8.78. The molecule has 0 fully saturated rings. The molecule has 0 bridgehead atoms. The molecule has 2 aromatic heterocycles. The van der Waals surface area contributed by atoms with E-state index in [2.05, 4.69) is 265 Å². The molecule has 14 rings (SSSR count). The van der Waals surface area contributed by atoms with Crippen molar-refractivity contribution in [2.75, 3.05) is 9.80 Å². The Hall–Kier alpha value is -9.64. The number of rotatable bonds is 9. The predicted octanol–water partition coefficient (Wildman–Crippen LogP) is 19.7. The van der Waals surface area contributed by atoms with E-state index in [1.807, 2.05) is 12.1 Å². The Morgan fingerprint density at radius 1 is 0.250 bits per heavy atom. The average Bonchev–Trinajstić information content (AvgIpc) is 4.04. The van der Waals surface area contributed by atoms with Crippen LogP contribution >= 0.6 is 0 Å². The van der Waals surface area contributed by atoms with Gasteiger partial charge in [-0.1, -0.05) is 200 Å². The molecule has 4 nitrogen and oxygen atoms in total. The highest BCUT2D eigenvalue weighted by molar-refractivity contribution is 6.22. The molecule has 0 atom stereocenters. The first kappa shape index (κ1) is 41.3. The number of hydrogen-bond acceptors (Lipinski definition) is 4. The van der Waals surface area contributed by atoms with Crippen molar-refractivity contribution in [3.63, 3.8) is 0 Å². The summed E-state index contributed by atoms with van der Waals surface area (Å²) in [6.45, 7) is 0. The summed E-state index contributed by atoms with van der Waals surface area (Å²) in [5.41, 5.74) is 16.5. The Kier molecular flexibility index (Phi) is 9.82. The Labute approximate surface area is 416 Å². The first-order valence-electron chi connectivity index (χ1n) is 24.5. The van der Waals surface area contributed by atoms with Crippen LogP contribution in [0.2, 0.25) is 0 Å². The number of anilines is 6. The molecule has 0 saturated carbocycles. The number of fused-ring (bicyclic) bond motifs is 9. The first-order chi connectivity index (χ1) is 35.7. The zero-order valence-corrected chi connectivity index (χ0v) is 39.1. The van der Waals surface area contributed by atoms with Crippen molar-refractivity contribution < 1.29 is 8.83 Å². The van der Waals surface area contributed by atoms with E-state index in [-0.39, 0.29) is 0 Å².